The molecule has 2 rings (SSSR count). The SMILES string of the molecule is Cc1cc(Br)cc(C2(C)CCCN2)c1. The lowest BCUT2D eigenvalue weighted by atomic mass is 9.90. The van der Waals surface area contributed by atoms with Crippen LogP contribution >= 0.6 is 15.9 Å². The van der Waals surface area contributed by atoms with E-state index in [0.29, 0.717) is 0 Å². The molecule has 2 heteroatoms. The quantitative estimate of drug-likeness (QED) is 0.810. The Bertz CT molecular complexity index is 320. The van der Waals surface area contributed by atoms with E-state index in [9.17, 15) is 0 Å². The largest absolute Gasteiger partial charge is 0.308 e. The van der Waals surface area contributed by atoms with Crippen LogP contribution in [-0.2, 0) is 5.54 Å². The maximum absolute atomic E-state index is 3.58. The van der Waals surface area contributed by atoms with Crippen molar-refractivity contribution >= 4 is 15.9 Å². The molecule has 1 aliphatic rings. The van der Waals surface area contributed by atoms with Crippen LogP contribution in [0.1, 0.15) is 30.9 Å². The molecule has 1 atom stereocenters. The van der Waals surface area contributed by atoms with Gasteiger partial charge in [0.2, 0.25) is 0 Å². The molecular formula is C12H16BrN. The van der Waals surface area contributed by atoms with Crippen LogP contribution in [0.2, 0.25) is 0 Å². The Morgan fingerprint density at radius 3 is 2.71 bits per heavy atom. The molecule has 1 aliphatic heterocycles. The third-order valence-electron chi connectivity index (χ3n) is 3.05. The van der Waals surface area contributed by atoms with Gasteiger partial charge >= 0.3 is 0 Å². The first-order valence-electron chi connectivity index (χ1n) is 5.13. The zero-order chi connectivity index (χ0) is 10.2. The molecule has 0 aromatic heterocycles. The van der Waals surface area contributed by atoms with E-state index in [-0.39, 0.29) is 5.54 Å². The van der Waals surface area contributed by atoms with E-state index in [1.54, 1.807) is 0 Å². The number of rotatable bonds is 1. The van der Waals surface area contributed by atoms with E-state index in [2.05, 4.69) is 53.3 Å². The van der Waals surface area contributed by atoms with Gasteiger partial charge in [-0.2, -0.15) is 0 Å². The lowest BCUT2D eigenvalue weighted by Gasteiger charge is -2.25. The third kappa shape index (κ3) is 1.86. The summed E-state index contributed by atoms with van der Waals surface area (Å²) in [5, 5.41) is 3.58. The summed E-state index contributed by atoms with van der Waals surface area (Å²) in [5.41, 5.74) is 2.92. The Morgan fingerprint density at radius 2 is 2.14 bits per heavy atom. The van der Waals surface area contributed by atoms with Gasteiger partial charge in [-0.3, -0.25) is 0 Å². The Morgan fingerprint density at radius 1 is 1.36 bits per heavy atom. The molecule has 0 amide bonds. The van der Waals surface area contributed by atoms with Gasteiger partial charge in [0.05, 0.1) is 0 Å². The molecule has 1 N–H and O–H groups in total. The highest BCUT2D eigenvalue weighted by Gasteiger charge is 2.29. The molecule has 1 saturated heterocycles. The lowest BCUT2D eigenvalue weighted by Crippen LogP contribution is -2.33. The van der Waals surface area contributed by atoms with Crippen LogP contribution in [-0.4, -0.2) is 6.54 Å². The average Bonchev–Trinajstić information content (AvgIpc) is 2.52. The van der Waals surface area contributed by atoms with E-state index >= 15 is 0 Å². The fraction of sp³-hybridized carbons (Fsp3) is 0.500. The highest BCUT2D eigenvalue weighted by molar-refractivity contribution is 9.10. The molecule has 1 aromatic carbocycles. The number of hydrogen-bond acceptors (Lipinski definition) is 1. The van der Waals surface area contributed by atoms with Crippen molar-refractivity contribution in [2.24, 2.45) is 0 Å². The van der Waals surface area contributed by atoms with Gasteiger partial charge in [0.15, 0.2) is 0 Å². The van der Waals surface area contributed by atoms with Gasteiger partial charge in [-0.25, -0.2) is 0 Å². The van der Waals surface area contributed by atoms with E-state index in [1.165, 1.54) is 28.4 Å². The number of hydrogen-bond donors (Lipinski definition) is 1. The fourth-order valence-corrected chi connectivity index (χ4v) is 2.80. The van der Waals surface area contributed by atoms with Crippen molar-refractivity contribution < 1.29 is 0 Å². The molecule has 14 heavy (non-hydrogen) atoms. The van der Waals surface area contributed by atoms with Crippen molar-refractivity contribution in [3.63, 3.8) is 0 Å². The van der Waals surface area contributed by atoms with Gasteiger partial charge in [-0.1, -0.05) is 22.0 Å². The average molecular weight is 254 g/mol. The summed E-state index contributed by atoms with van der Waals surface area (Å²) in [6.07, 6.45) is 2.52. The second-order valence-corrected chi connectivity index (χ2v) is 5.30. The van der Waals surface area contributed by atoms with Crippen LogP contribution in [0.3, 0.4) is 0 Å². The summed E-state index contributed by atoms with van der Waals surface area (Å²) < 4.78 is 1.18. The lowest BCUT2D eigenvalue weighted by molar-refractivity contribution is 0.434. The number of benzene rings is 1. The van der Waals surface area contributed by atoms with Gasteiger partial charge in [0.25, 0.3) is 0 Å². The minimum absolute atomic E-state index is 0.189. The Hall–Kier alpha value is -0.340. The molecule has 0 spiro atoms. The molecule has 1 fully saturated rings. The van der Waals surface area contributed by atoms with Crippen LogP contribution in [0.15, 0.2) is 22.7 Å². The Labute approximate surface area is 94.0 Å². The molecule has 0 radical (unpaired) electrons. The van der Waals surface area contributed by atoms with E-state index in [1.807, 2.05) is 0 Å². The fourth-order valence-electron chi connectivity index (χ4n) is 2.20. The normalized spacial score (nSPS) is 26.8. The van der Waals surface area contributed by atoms with Crippen LogP contribution < -0.4 is 5.32 Å². The number of aryl methyl sites for hydroxylation is 1. The first-order valence-corrected chi connectivity index (χ1v) is 5.92. The van der Waals surface area contributed by atoms with Crippen molar-refractivity contribution in [1.29, 1.82) is 0 Å². The second kappa shape index (κ2) is 3.67. The molecule has 1 aromatic rings. The van der Waals surface area contributed by atoms with E-state index < -0.39 is 0 Å². The van der Waals surface area contributed by atoms with Crippen molar-refractivity contribution in [2.45, 2.75) is 32.2 Å². The van der Waals surface area contributed by atoms with Crippen LogP contribution in [0.5, 0.6) is 0 Å². The molecule has 76 valence electrons. The molecule has 0 aliphatic carbocycles. The first-order chi connectivity index (χ1) is 6.60. The zero-order valence-electron chi connectivity index (χ0n) is 8.73. The standard InChI is InChI=1S/C12H16BrN/c1-9-6-10(8-11(13)7-9)12(2)4-3-5-14-12/h6-8,14H,3-5H2,1-2H3. The molecule has 1 nitrogen and oxygen atoms in total. The van der Waals surface area contributed by atoms with Gasteiger partial charge in [0.1, 0.15) is 0 Å². The van der Waals surface area contributed by atoms with Crippen LogP contribution in [0.25, 0.3) is 0 Å². The zero-order valence-corrected chi connectivity index (χ0v) is 10.3. The summed E-state index contributed by atoms with van der Waals surface area (Å²) in [6, 6.07) is 6.66. The highest BCUT2D eigenvalue weighted by Crippen LogP contribution is 2.32. The van der Waals surface area contributed by atoms with Crippen molar-refractivity contribution in [3.05, 3.63) is 33.8 Å². The van der Waals surface area contributed by atoms with Crippen molar-refractivity contribution in [1.82, 2.24) is 5.32 Å². The van der Waals surface area contributed by atoms with Gasteiger partial charge < -0.3 is 5.32 Å². The number of nitrogens with one attached hydrogen (secondary N) is 1. The van der Waals surface area contributed by atoms with Crippen LogP contribution in [0, 0.1) is 6.92 Å². The molecule has 0 saturated carbocycles. The van der Waals surface area contributed by atoms with Crippen molar-refractivity contribution in [2.75, 3.05) is 6.54 Å². The molecule has 1 heterocycles. The molecular weight excluding hydrogens is 238 g/mol. The smallest absolute Gasteiger partial charge is 0.0407 e. The Balaban J connectivity index is 2.40. The summed E-state index contributed by atoms with van der Waals surface area (Å²) in [4.78, 5) is 0. The van der Waals surface area contributed by atoms with Crippen molar-refractivity contribution in [3.8, 4) is 0 Å². The maximum Gasteiger partial charge on any atom is 0.0407 e. The first kappa shape index (κ1) is 10.2. The summed E-state index contributed by atoms with van der Waals surface area (Å²) in [7, 11) is 0. The predicted octanol–water partition coefficient (Wildman–Crippen LogP) is 3.36. The highest BCUT2D eigenvalue weighted by atomic mass is 79.9. The third-order valence-corrected chi connectivity index (χ3v) is 3.51. The topological polar surface area (TPSA) is 12.0 Å². The second-order valence-electron chi connectivity index (χ2n) is 4.38. The van der Waals surface area contributed by atoms with Crippen LogP contribution in [0.4, 0.5) is 0 Å². The van der Waals surface area contributed by atoms with Gasteiger partial charge in [-0.05, 0) is 56.5 Å². The van der Waals surface area contributed by atoms with Gasteiger partial charge in [-0.15, -0.1) is 0 Å². The minimum Gasteiger partial charge on any atom is -0.308 e. The summed E-state index contributed by atoms with van der Waals surface area (Å²) >= 11 is 3.56. The summed E-state index contributed by atoms with van der Waals surface area (Å²) in [5.74, 6) is 0. The summed E-state index contributed by atoms with van der Waals surface area (Å²) in [6.45, 7) is 5.58. The molecule has 0 bridgehead atoms. The van der Waals surface area contributed by atoms with Gasteiger partial charge in [0, 0.05) is 10.0 Å². The van der Waals surface area contributed by atoms with E-state index in [0.717, 1.165) is 6.54 Å². The Kier molecular flexibility index (Phi) is 2.67. The monoisotopic (exact) mass is 253 g/mol. The maximum atomic E-state index is 3.58. The minimum atomic E-state index is 0.189. The van der Waals surface area contributed by atoms with E-state index in [4.69, 9.17) is 0 Å². The molecule has 1 unspecified atom stereocenters. The number of halogens is 1. The predicted molar refractivity (Wildman–Crippen MR) is 63.5 cm³/mol.